The van der Waals surface area contributed by atoms with Crippen molar-refractivity contribution in [1.82, 2.24) is 0 Å². The standard InChI is InChI=1S/2C8H13BOS/c2*1-3-8-4-11-6(5(8)2)7(9)10-8/h2*5-7H,3-4H2,1-2H3/t5?,6-,7+,8-;5?,6-,7-,8-/m01/s1. The van der Waals surface area contributed by atoms with E-state index in [4.69, 9.17) is 25.2 Å². The van der Waals surface area contributed by atoms with Gasteiger partial charge in [0.2, 0.25) is 0 Å². The van der Waals surface area contributed by atoms with E-state index in [1.165, 1.54) is 0 Å². The van der Waals surface area contributed by atoms with E-state index >= 15 is 0 Å². The quantitative estimate of drug-likeness (QED) is 0.722. The summed E-state index contributed by atoms with van der Waals surface area (Å²) in [6.07, 6.45) is 2.21. The van der Waals surface area contributed by atoms with Crippen molar-refractivity contribution in [1.29, 1.82) is 0 Å². The lowest BCUT2D eigenvalue weighted by Crippen LogP contribution is -2.35. The van der Waals surface area contributed by atoms with Gasteiger partial charge in [-0.15, -0.1) is 0 Å². The molecule has 0 aliphatic carbocycles. The van der Waals surface area contributed by atoms with Crippen molar-refractivity contribution in [2.24, 2.45) is 11.8 Å². The molecular formula is C16H26B2O2S2. The Morgan fingerprint density at radius 1 is 0.864 bits per heavy atom. The first-order chi connectivity index (χ1) is 10.4. The Bertz CT molecular complexity index is 389. The lowest BCUT2D eigenvalue weighted by molar-refractivity contribution is -0.0156. The number of hydrogen-bond donors (Lipinski definition) is 0. The molecule has 4 fully saturated rings. The fraction of sp³-hybridized carbons (Fsp3) is 1.00. The van der Waals surface area contributed by atoms with Gasteiger partial charge in [-0.1, -0.05) is 27.7 Å². The van der Waals surface area contributed by atoms with E-state index in [9.17, 15) is 0 Å². The zero-order valence-corrected chi connectivity index (χ0v) is 15.7. The molecule has 2 nitrogen and oxygen atoms in total. The van der Waals surface area contributed by atoms with Gasteiger partial charge in [0.15, 0.2) is 0 Å². The predicted octanol–water partition coefficient (Wildman–Crippen LogP) is 2.82. The Kier molecular flexibility index (Phi) is 4.98. The monoisotopic (exact) mass is 336 g/mol. The molecule has 0 aromatic rings. The normalized spacial score (nSPS) is 55.3. The van der Waals surface area contributed by atoms with Crippen LogP contribution < -0.4 is 0 Å². The average Bonchev–Trinajstić information content (AvgIpc) is 3.15. The second-order valence-corrected chi connectivity index (χ2v) is 9.46. The Labute approximate surface area is 146 Å². The van der Waals surface area contributed by atoms with Crippen LogP contribution in [0.2, 0.25) is 0 Å². The Morgan fingerprint density at radius 2 is 1.23 bits per heavy atom. The predicted molar refractivity (Wildman–Crippen MR) is 98.1 cm³/mol. The van der Waals surface area contributed by atoms with Gasteiger partial charge < -0.3 is 9.47 Å². The summed E-state index contributed by atoms with van der Waals surface area (Å²) in [4.78, 5) is 0. The molecule has 22 heavy (non-hydrogen) atoms. The molecule has 4 radical (unpaired) electrons. The first-order valence-corrected chi connectivity index (χ1v) is 10.6. The van der Waals surface area contributed by atoms with Gasteiger partial charge in [0.25, 0.3) is 0 Å². The van der Waals surface area contributed by atoms with Crippen LogP contribution in [-0.4, -0.2) is 60.9 Å². The highest BCUT2D eigenvalue weighted by Gasteiger charge is 2.56. The zero-order valence-electron chi connectivity index (χ0n) is 14.1. The third-order valence-corrected chi connectivity index (χ3v) is 9.71. The number of thioether (sulfide) groups is 2. The topological polar surface area (TPSA) is 18.5 Å². The number of ether oxygens (including phenoxy) is 2. The lowest BCUT2D eigenvalue weighted by Gasteiger charge is -2.29. The van der Waals surface area contributed by atoms with Crippen molar-refractivity contribution >= 4 is 39.2 Å². The van der Waals surface area contributed by atoms with Gasteiger partial charge in [-0.3, -0.25) is 0 Å². The summed E-state index contributed by atoms with van der Waals surface area (Å²) in [7, 11) is 11.7. The minimum Gasteiger partial charge on any atom is -0.379 e. The lowest BCUT2D eigenvalue weighted by atomic mass is 9.85. The van der Waals surface area contributed by atoms with Crippen LogP contribution >= 0.6 is 23.5 Å². The molecule has 0 aromatic heterocycles. The Balaban J connectivity index is 0.000000131. The third kappa shape index (κ3) is 2.51. The van der Waals surface area contributed by atoms with Gasteiger partial charge in [0.05, 0.1) is 11.2 Å². The van der Waals surface area contributed by atoms with Crippen molar-refractivity contribution in [2.75, 3.05) is 11.5 Å². The molecule has 4 heterocycles. The summed E-state index contributed by atoms with van der Waals surface area (Å²) in [6.45, 7) is 8.91. The molecule has 0 N–H and O–H groups in total. The Hall–Kier alpha value is 0.750. The van der Waals surface area contributed by atoms with Crippen molar-refractivity contribution in [2.45, 2.75) is 74.2 Å². The van der Waals surface area contributed by atoms with Gasteiger partial charge in [-0.25, -0.2) is 0 Å². The van der Waals surface area contributed by atoms with Crippen molar-refractivity contribution < 1.29 is 9.47 Å². The molecule has 8 atom stereocenters. The molecule has 4 aliphatic heterocycles. The summed E-state index contributed by atoms with van der Waals surface area (Å²) in [5, 5.41) is 1.10. The number of fused-ring (bicyclic) bond motifs is 4. The first kappa shape index (κ1) is 17.6. The maximum Gasteiger partial charge on any atom is 0.110 e. The van der Waals surface area contributed by atoms with E-state index in [-0.39, 0.29) is 23.2 Å². The minimum absolute atomic E-state index is 0.0105. The second-order valence-electron chi connectivity index (χ2n) is 7.13. The maximum absolute atomic E-state index is 5.83. The van der Waals surface area contributed by atoms with Gasteiger partial charge in [0, 0.05) is 34.0 Å². The smallest absolute Gasteiger partial charge is 0.110 e. The van der Waals surface area contributed by atoms with Crippen LogP contribution in [0.15, 0.2) is 0 Å². The van der Waals surface area contributed by atoms with Gasteiger partial charge in [-0.05, 0) is 24.7 Å². The molecular weight excluding hydrogens is 310 g/mol. The molecule has 0 amide bonds. The van der Waals surface area contributed by atoms with Crippen molar-refractivity contribution in [3.63, 3.8) is 0 Å². The van der Waals surface area contributed by atoms with Crippen LogP contribution in [0, 0.1) is 11.8 Å². The molecule has 0 saturated carbocycles. The molecule has 4 saturated heterocycles. The van der Waals surface area contributed by atoms with Crippen molar-refractivity contribution in [3.8, 4) is 0 Å². The summed E-state index contributed by atoms with van der Waals surface area (Å²) >= 11 is 3.96. The highest BCUT2D eigenvalue weighted by molar-refractivity contribution is 8.00. The first-order valence-electron chi connectivity index (χ1n) is 8.49. The van der Waals surface area contributed by atoms with E-state index in [1.54, 1.807) is 0 Å². The molecule has 0 spiro atoms. The summed E-state index contributed by atoms with van der Waals surface area (Å²) < 4.78 is 11.5. The van der Waals surface area contributed by atoms with Gasteiger partial charge in [0.1, 0.15) is 15.7 Å². The minimum atomic E-state index is -0.0105. The summed E-state index contributed by atoms with van der Waals surface area (Å²) in [5.74, 6) is 3.58. The molecule has 4 bridgehead atoms. The van der Waals surface area contributed by atoms with Crippen LogP contribution in [-0.2, 0) is 9.47 Å². The maximum atomic E-state index is 5.83. The van der Waals surface area contributed by atoms with Gasteiger partial charge in [-0.2, -0.15) is 23.5 Å². The average molecular weight is 336 g/mol. The highest BCUT2D eigenvalue weighted by atomic mass is 32.2. The van der Waals surface area contributed by atoms with E-state index in [2.05, 4.69) is 27.7 Å². The largest absolute Gasteiger partial charge is 0.379 e. The van der Waals surface area contributed by atoms with E-state index in [0.717, 1.165) is 24.3 Å². The second kappa shape index (κ2) is 6.24. The van der Waals surface area contributed by atoms with Crippen molar-refractivity contribution in [3.05, 3.63) is 0 Å². The molecule has 120 valence electrons. The molecule has 6 heteroatoms. The van der Waals surface area contributed by atoms with E-state index in [0.29, 0.717) is 22.3 Å². The zero-order chi connectivity index (χ0) is 16.1. The highest BCUT2D eigenvalue weighted by Crippen LogP contribution is 2.53. The summed E-state index contributed by atoms with van der Waals surface area (Å²) in [5.41, 5.74) is 0.240. The van der Waals surface area contributed by atoms with Gasteiger partial charge >= 0.3 is 0 Å². The molecule has 4 rings (SSSR count). The Morgan fingerprint density at radius 3 is 1.36 bits per heavy atom. The van der Waals surface area contributed by atoms with Crippen LogP contribution in [0.5, 0.6) is 0 Å². The van der Waals surface area contributed by atoms with E-state index < -0.39 is 0 Å². The van der Waals surface area contributed by atoms with Crippen LogP contribution in [0.4, 0.5) is 0 Å². The number of rotatable bonds is 2. The molecule has 2 unspecified atom stereocenters. The van der Waals surface area contributed by atoms with Crippen LogP contribution in [0.1, 0.15) is 40.5 Å². The fourth-order valence-electron chi connectivity index (χ4n) is 4.36. The summed E-state index contributed by atoms with van der Waals surface area (Å²) in [6, 6.07) is -0.0209. The molecule has 0 aromatic carbocycles. The SMILES string of the molecule is [B][C@@H]1O[C@@]2(CC)CS[C@H]1C2C.[B][C@@H]1O[C@]2(CC)CS[C@@H]1C2C. The number of hydrogen-bond acceptors (Lipinski definition) is 4. The third-order valence-electron chi connectivity index (χ3n) is 6.27. The van der Waals surface area contributed by atoms with E-state index in [1.807, 2.05) is 23.5 Å². The fourth-order valence-corrected chi connectivity index (χ4v) is 7.94. The van der Waals surface area contributed by atoms with Crippen LogP contribution in [0.25, 0.3) is 0 Å². The molecule has 4 aliphatic rings. The van der Waals surface area contributed by atoms with Crippen LogP contribution in [0.3, 0.4) is 0 Å².